The first-order valence-electron chi connectivity index (χ1n) is 8.88. The number of aromatic nitrogens is 3. The first-order valence-corrected chi connectivity index (χ1v) is 8.88. The van der Waals surface area contributed by atoms with Crippen molar-refractivity contribution in [3.05, 3.63) is 59.4 Å². The van der Waals surface area contributed by atoms with Gasteiger partial charge < -0.3 is 10.0 Å². The fraction of sp³-hybridized carbons (Fsp3) is 0.400. The Labute approximate surface area is 147 Å². The number of hydrogen-bond acceptors (Lipinski definition) is 4. The van der Waals surface area contributed by atoms with E-state index >= 15 is 0 Å². The molecular weight excluding hydrogens is 312 g/mol. The zero-order valence-electron chi connectivity index (χ0n) is 14.8. The van der Waals surface area contributed by atoms with E-state index < -0.39 is 5.60 Å². The summed E-state index contributed by atoms with van der Waals surface area (Å²) in [4.78, 5) is 6.87. The Hall–Kier alpha value is -2.40. The summed E-state index contributed by atoms with van der Waals surface area (Å²) in [7, 11) is 0. The van der Waals surface area contributed by atoms with Crippen LogP contribution in [0.3, 0.4) is 0 Å². The molecule has 0 saturated carbocycles. The Bertz CT molecular complexity index is 879. The summed E-state index contributed by atoms with van der Waals surface area (Å²) in [5.41, 5.74) is 3.42. The van der Waals surface area contributed by atoms with Crippen LogP contribution in [-0.2, 0) is 6.42 Å². The molecule has 1 aliphatic heterocycles. The van der Waals surface area contributed by atoms with Crippen molar-refractivity contribution in [3.8, 4) is 0 Å². The highest BCUT2D eigenvalue weighted by atomic mass is 16.3. The Morgan fingerprint density at radius 2 is 1.76 bits per heavy atom. The normalized spacial score (nSPS) is 17.2. The summed E-state index contributed by atoms with van der Waals surface area (Å²) in [5.74, 6) is 1.07. The van der Waals surface area contributed by atoms with E-state index in [1.54, 1.807) is 0 Å². The van der Waals surface area contributed by atoms with Crippen molar-refractivity contribution >= 4 is 11.5 Å². The van der Waals surface area contributed by atoms with Crippen LogP contribution in [0.1, 0.15) is 29.8 Å². The summed E-state index contributed by atoms with van der Waals surface area (Å²) in [6.45, 7) is 5.64. The van der Waals surface area contributed by atoms with E-state index in [0.717, 1.165) is 48.8 Å². The van der Waals surface area contributed by atoms with Crippen molar-refractivity contribution in [3.63, 3.8) is 0 Å². The van der Waals surface area contributed by atoms with Crippen molar-refractivity contribution in [1.29, 1.82) is 0 Å². The van der Waals surface area contributed by atoms with Gasteiger partial charge in [0.15, 0.2) is 5.65 Å². The van der Waals surface area contributed by atoms with Crippen LogP contribution in [0.15, 0.2) is 42.5 Å². The summed E-state index contributed by atoms with van der Waals surface area (Å²) < 4.78 is 1.92. The lowest BCUT2D eigenvalue weighted by Gasteiger charge is -2.39. The third kappa shape index (κ3) is 3.24. The molecule has 2 aromatic heterocycles. The third-order valence-corrected chi connectivity index (χ3v) is 5.05. The van der Waals surface area contributed by atoms with Crippen molar-refractivity contribution in [2.24, 2.45) is 0 Å². The maximum Gasteiger partial charge on any atom is 0.157 e. The van der Waals surface area contributed by atoms with Crippen molar-refractivity contribution in [2.75, 3.05) is 18.0 Å². The van der Waals surface area contributed by atoms with E-state index in [2.05, 4.69) is 33.2 Å². The molecule has 0 bridgehead atoms. The summed E-state index contributed by atoms with van der Waals surface area (Å²) in [6.07, 6.45) is 2.23. The Morgan fingerprint density at radius 1 is 1.04 bits per heavy atom. The van der Waals surface area contributed by atoms with Crippen molar-refractivity contribution < 1.29 is 5.11 Å². The van der Waals surface area contributed by atoms with Crippen molar-refractivity contribution in [1.82, 2.24) is 14.6 Å². The molecule has 3 aromatic rings. The van der Waals surface area contributed by atoms with Gasteiger partial charge in [-0.15, -0.1) is 0 Å². The van der Waals surface area contributed by atoms with Gasteiger partial charge in [0.1, 0.15) is 5.82 Å². The Kier molecular flexibility index (Phi) is 3.96. The molecular formula is C20H24N4O. The number of hydrogen-bond donors (Lipinski definition) is 1. The molecule has 5 heteroatoms. The summed E-state index contributed by atoms with van der Waals surface area (Å²) >= 11 is 0. The van der Waals surface area contributed by atoms with Gasteiger partial charge >= 0.3 is 0 Å². The lowest BCUT2D eigenvalue weighted by Crippen LogP contribution is -2.46. The van der Waals surface area contributed by atoms with Gasteiger partial charge in [0.2, 0.25) is 0 Å². The third-order valence-electron chi connectivity index (χ3n) is 5.05. The molecule has 0 amide bonds. The van der Waals surface area contributed by atoms with Gasteiger partial charge in [-0.05, 0) is 32.3 Å². The molecule has 1 N–H and O–H groups in total. The number of fused-ring (bicyclic) bond motifs is 1. The van der Waals surface area contributed by atoms with Gasteiger partial charge in [-0.1, -0.05) is 30.3 Å². The topological polar surface area (TPSA) is 53.7 Å². The molecule has 1 fully saturated rings. The van der Waals surface area contributed by atoms with Crippen LogP contribution in [0.4, 0.5) is 5.82 Å². The van der Waals surface area contributed by atoms with Gasteiger partial charge in [-0.3, -0.25) is 0 Å². The van der Waals surface area contributed by atoms with E-state index in [0.29, 0.717) is 6.42 Å². The molecule has 3 heterocycles. The minimum Gasteiger partial charge on any atom is -0.389 e. The molecule has 0 spiro atoms. The standard InChI is InChI=1S/C20H24N4O/c1-15-13-19(24-18(21-15)12-16(2)22-24)23-10-8-20(25,9-11-23)14-17-6-4-3-5-7-17/h3-7,12-13,25H,8-11,14H2,1-2H3. The summed E-state index contributed by atoms with van der Waals surface area (Å²) in [6, 6.07) is 14.3. The van der Waals surface area contributed by atoms with Gasteiger partial charge in [0.25, 0.3) is 0 Å². The van der Waals surface area contributed by atoms with Gasteiger partial charge in [-0.2, -0.15) is 9.61 Å². The quantitative estimate of drug-likeness (QED) is 0.799. The van der Waals surface area contributed by atoms with Crippen LogP contribution in [0, 0.1) is 13.8 Å². The molecule has 130 valence electrons. The van der Waals surface area contributed by atoms with Crippen LogP contribution >= 0.6 is 0 Å². The molecule has 25 heavy (non-hydrogen) atoms. The van der Waals surface area contributed by atoms with E-state index in [4.69, 9.17) is 0 Å². The predicted molar refractivity (Wildman–Crippen MR) is 99.0 cm³/mol. The molecule has 0 aliphatic carbocycles. The number of benzene rings is 1. The molecule has 0 radical (unpaired) electrons. The molecule has 4 rings (SSSR count). The summed E-state index contributed by atoms with van der Waals surface area (Å²) in [5, 5.41) is 15.6. The van der Waals surface area contributed by atoms with Crippen LogP contribution < -0.4 is 4.90 Å². The van der Waals surface area contributed by atoms with Gasteiger partial charge in [0, 0.05) is 37.3 Å². The fourth-order valence-corrected chi connectivity index (χ4v) is 3.72. The monoisotopic (exact) mass is 336 g/mol. The number of nitrogens with zero attached hydrogens (tertiary/aromatic N) is 4. The zero-order valence-corrected chi connectivity index (χ0v) is 14.8. The van der Waals surface area contributed by atoms with Gasteiger partial charge in [-0.25, -0.2) is 4.98 Å². The van der Waals surface area contributed by atoms with E-state index in [1.807, 2.05) is 42.6 Å². The average Bonchev–Trinajstić information content (AvgIpc) is 2.95. The highest BCUT2D eigenvalue weighted by molar-refractivity contribution is 5.52. The maximum absolute atomic E-state index is 11.0. The molecule has 1 saturated heterocycles. The van der Waals surface area contributed by atoms with Crippen LogP contribution in [0.5, 0.6) is 0 Å². The molecule has 1 aromatic carbocycles. The number of rotatable bonds is 3. The SMILES string of the molecule is Cc1cc(N2CCC(O)(Cc3ccccc3)CC2)n2nc(C)cc2n1. The fourth-order valence-electron chi connectivity index (χ4n) is 3.72. The maximum atomic E-state index is 11.0. The molecule has 5 nitrogen and oxygen atoms in total. The minimum absolute atomic E-state index is 0.626. The van der Waals surface area contributed by atoms with Crippen LogP contribution in [-0.4, -0.2) is 38.4 Å². The predicted octanol–water partition coefficient (Wildman–Crippen LogP) is 2.92. The molecule has 1 aliphatic rings. The second-order valence-electron chi connectivity index (χ2n) is 7.19. The average molecular weight is 336 g/mol. The zero-order chi connectivity index (χ0) is 17.4. The van der Waals surface area contributed by atoms with E-state index in [9.17, 15) is 5.11 Å². The van der Waals surface area contributed by atoms with Crippen molar-refractivity contribution in [2.45, 2.75) is 38.7 Å². The number of aliphatic hydroxyl groups is 1. The molecule has 0 unspecified atom stereocenters. The first-order chi connectivity index (χ1) is 12.0. The Balaban J connectivity index is 1.54. The van der Waals surface area contributed by atoms with Crippen LogP contribution in [0.2, 0.25) is 0 Å². The Morgan fingerprint density at radius 3 is 2.48 bits per heavy atom. The largest absolute Gasteiger partial charge is 0.389 e. The molecule has 0 atom stereocenters. The smallest absolute Gasteiger partial charge is 0.157 e. The van der Waals surface area contributed by atoms with Gasteiger partial charge in [0.05, 0.1) is 11.3 Å². The lowest BCUT2D eigenvalue weighted by atomic mass is 9.85. The van der Waals surface area contributed by atoms with E-state index in [-0.39, 0.29) is 0 Å². The minimum atomic E-state index is -0.626. The number of aryl methyl sites for hydroxylation is 2. The number of piperidine rings is 1. The number of anilines is 1. The van der Waals surface area contributed by atoms with Crippen LogP contribution in [0.25, 0.3) is 5.65 Å². The second-order valence-corrected chi connectivity index (χ2v) is 7.19. The lowest BCUT2D eigenvalue weighted by molar-refractivity contribution is 0.0163. The highest BCUT2D eigenvalue weighted by Gasteiger charge is 2.33. The second kappa shape index (κ2) is 6.15. The highest BCUT2D eigenvalue weighted by Crippen LogP contribution is 2.29. The first kappa shape index (κ1) is 16.1. The van der Waals surface area contributed by atoms with E-state index in [1.165, 1.54) is 5.56 Å².